The highest BCUT2D eigenvalue weighted by molar-refractivity contribution is 7.82. The third-order valence-electron chi connectivity index (χ3n) is 3.06. The van der Waals surface area contributed by atoms with Crippen molar-refractivity contribution >= 4 is 16.9 Å². The van der Waals surface area contributed by atoms with Crippen LogP contribution in [0.15, 0.2) is 30.3 Å². The van der Waals surface area contributed by atoms with Gasteiger partial charge in [0.1, 0.15) is 11.0 Å². The number of hydrogen-bond acceptors (Lipinski definition) is 3. The van der Waals surface area contributed by atoms with Crippen molar-refractivity contribution < 1.29 is 9.00 Å². The number of carbonyl (C=O) groups is 1. The Morgan fingerprint density at radius 1 is 1.28 bits per heavy atom. The lowest BCUT2D eigenvalue weighted by molar-refractivity contribution is -0.123. The SMILES string of the molecule is O=C(NS(=O)Cc1ccccc1)C1CCNCC1. The predicted octanol–water partition coefficient (Wildman–Crippen LogP) is 0.966. The Balaban J connectivity index is 1.82. The summed E-state index contributed by atoms with van der Waals surface area (Å²) in [6.45, 7) is 1.73. The minimum Gasteiger partial charge on any atom is -0.317 e. The largest absolute Gasteiger partial charge is 0.317 e. The van der Waals surface area contributed by atoms with E-state index in [-0.39, 0.29) is 11.8 Å². The van der Waals surface area contributed by atoms with E-state index in [1.807, 2.05) is 30.3 Å². The van der Waals surface area contributed by atoms with E-state index in [0.717, 1.165) is 31.5 Å². The second-order valence-electron chi connectivity index (χ2n) is 4.47. The molecule has 1 aliphatic rings. The molecule has 0 aromatic heterocycles. The summed E-state index contributed by atoms with van der Waals surface area (Å²) >= 11 is 0. The van der Waals surface area contributed by atoms with E-state index >= 15 is 0 Å². The first-order chi connectivity index (χ1) is 8.75. The van der Waals surface area contributed by atoms with Crippen LogP contribution < -0.4 is 10.0 Å². The second-order valence-corrected chi connectivity index (χ2v) is 5.65. The summed E-state index contributed by atoms with van der Waals surface area (Å²) in [7, 11) is -1.32. The third-order valence-corrected chi connectivity index (χ3v) is 4.09. The van der Waals surface area contributed by atoms with Crippen LogP contribution in [0.1, 0.15) is 18.4 Å². The van der Waals surface area contributed by atoms with Gasteiger partial charge < -0.3 is 5.32 Å². The van der Waals surface area contributed by atoms with Crippen LogP contribution in [0.2, 0.25) is 0 Å². The standard InChI is InChI=1S/C13H18N2O2S/c16-13(12-6-8-14-9-7-12)15-18(17)10-11-4-2-1-3-5-11/h1-5,12,14H,6-10H2,(H,15,16). The normalized spacial score (nSPS) is 18.2. The van der Waals surface area contributed by atoms with E-state index in [2.05, 4.69) is 10.0 Å². The fraction of sp³-hybridized carbons (Fsp3) is 0.462. The van der Waals surface area contributed by atoms with Crippen LogP contribution in [0.25, 0.3) is 0 Å². The van der Waals surface area contributed by atoms with Crippen molar-refractivity contribution in [3.05, 3.63) is 35.9 Å². The summed E-state index contributed by atoms with van der Waals surface area (Å²) in [4.78, 5) is 11.9. The molecule has 1 aromatic rings. The number of carbonyl (C=O) groups excluding carboxylic acids is 1. The maximum Gasteiger partial charge on any atom is 0.234 e. The molecule has 2 N–H and O–H groups in total. The minimum absolute atomic E-state index is 0.00553. The average molecular weight is 266 g/mol. The first kappa shape index (κ1) is 13.2. The molecule has 2 rings (SSSR count). The number of nitrogens with one attached hydrogen (secondary N) is 2. The van der Waals surface area contributed by atoms with Crippen molar-refractivity contribution in [2.24, 2.45) is 5.92 Å². The summed E-state index contributed by atoms with van der Waals surface area (Å²) in [6, 6.07) is 9.55. The summed E-state index contributed by atoms with van der Waals surface area (Å²) in [5.41, 5.74) is 0.974. The van der Waals surface area contributed by atoms with Gasteiger partial charge >= 0.3 is 0 Å². The molecule has 1 fully saturated rings. The zero-order valence-corrected chi connectivity index (χ0v) is 11.0. The average Bonchev–Trinajstić information content (AvgIpc) is 2.40. The lowest BCUT2D eigenvalue weighted by Gasteiger charge is -2.21. The first-order valence-electron chi connectivity index (χ1n) is 6.19. The summed E-state index contributed by atoms with van der Waals surface area (Å²) in [6.07, 6.45) is 1.66. The number of benzene rings is 1. The molecule has 1 atom stereocenters. The Kier molecular flexibility index (Phi) is 4.90. The Hall–Kier alpha value is -1.20. The van der Waals surface area contributed by atoms with Crippen LogP contribution in [0, 0.1) is 5.92 Å². The Morgan fingerprint density at radius 3 is 2.61 bits per heavy atom. The fourth-order valence-electron chi connectivity index (χ4n) is 2.04. The molecular weight excluding hydrogens is 248 g/mol. The van der Waals surface area contributed by atoms with E-state index in [4.69, 9.17) is 0 Å². The van der Waals surface area contributed by atoms with Crippen LogP contribution >= 0.6 is 0 Å². The molecule has 1 heterocycles. The lowest BCUT2D eigenvalue weighted by Crippen LogP contribution is -2.39. The van der Waals surface area contributed by atoms with E-state index in [9.17, 15) is 9.00 Å². The van der Waals surface area contributed by atoms with Gasteiger partial charge in [-0.3, -0.25) is 9.52 Å². The molecule has 1 aromatic carbocycles. The van der Waals surface area contributed by atoms with Gasteiger partial charge in [0.2, 0.25) is 5.91 Å². The number of rotatable bonds is 4. The van der Waals surface area contributed by atoms with Gasteiger partial charge in [-0.15, -0.1) is 0 Å². The van der Waals surface area contributed by atoms with Gasteiger partial charge in [0.05, 0.1) is 5.75 Å². The third kappa shape index (κ3) is 3.92. The topological polar surface area (TPSA) is 58.2 Å². The maximum absolute atomic E-state index is 11.9. The fourth-order valence-corrected chi connectivity index (χ4v) is 3.00. The molecule has 0 saturated carbocycles. The zero-order valence-electron chi connectivity index (χ0n) is 10.2. The lowest BCUT2D eigenvalue weighted by atomic mass is 9.98. The van der Waals surface area contributed by atoms with Gasteiger partial charge in [0.25, 0.3) is 0 Å². The highest BCUT2D eigenvalue weighted by Gasteiger charge is 2.21. The van der Waals surface area contributed by atoms with E-state index in [1.165, 1.54) is 0 Å². The van der Waals surface area contributed by atoms with Crippen molar-refractivity contribution in [2.75, 3.05) is 13.1 Å². The quantitative estimate of drug-likeness (QED) is 0.853. The monoisotopic (exact) mass is 266 g/mol. The summed E-state index contributed by atoms with van der Waals surface area (Å²) in [5, 5.41) is 3.21. The van der Waals surface area contributed by atoms with E-state index < -0.39 is 11.0 Å². The van der Waals surface area contributed by atoms with Gasteiger partial charge in [-0.2, -0.15) is 0 Å². The van der Waals surface area contributed by atoms with Gasteiger partial charge in [0, 0.05) is 5.92 Å². The Labute approximate surface area is 110 Å². The molecule has 5 heteroatoms. The van der Waals surface area contributed by atoms with Gasteiger partial charge in [-0.25, -0.2) is 4.21 Å². The first-order valence-corrected chi connectivity index (χ1v) is 7.51. The molecular formula is C13H18N2O2S. The van der Waals surface area contributed by atoms with E-state index in [0.29, 0.717) is 5.75 Å². The summed E-state index contributed by atoms with van der Waals surface area (Å²) in [5.74, 6) is 0.300. The highest BCUT2D eigenvalue weighted by Crippen LogP contribution is 2.12. The molecule has 0 aliphatic carbocycles. The molecule has 1 aliphatic heterocycles. The molecule has 1 saturated heterocycles. The highest BCUT2D eigenvalue weighted by atomic mass is 32.2. The maximum atomic E-state index is 11.9. The van der Waals surface area contributed by atoms with E-state index in [1.54, 1.807) is 0 Å². The van der Waals surface area contributed by atoms with Crippen LogP contribution in [0.5, 0.6) is 0 Å². The molecule has 18 heavy (non-hydrogen) atoms. The molecule has 0 radical (unpaired) electrons. The van der Waals surface area contributed by atoms with Crippen LogP contribution in [0.3, 0.4) is 0 Å². The summed E-state index contributed by atoms with van der Waals surface area (Å²) < 4.78 is 14.4. The van der Waals surface area contributed by atoms with Crippen molar-refractivity contribution in [1.82, 2.24) is 10.0 Å². The van der Waals surface area contributed by atoms with Gasteiger partial charge in [0.15, 0.2) is 0 Å². The van der Waals surface area contributed by atoms with Crippen LogP contribution in [-0.2, 0) is 21.5 Å². The molecule has 98 valence electrons. The van der Waals surface area contributed by atoms with Crippen molar-refractivity contribution in [3.8, 4) is 0 Å². The van der Waals surface area contributed by atoms with Crippen molar-refractivity contribution in [2.45, 2.75) is 18.6 Å². The smallest absolute Gasteiger partial charge is 0.234 e. The molecule has 1 unspecified atom stereocenters. The van der Waals surface area contributed by atoms with Crippen LogP contribution in [-0.4, -0.2) is 23.2 Å². The number of hydrogen-bond donors (Lipinski definition) is 2. The number of piperidine rings is 1. The predicted molar refractivity (Wildman–Crippen MR) is 72.0 cm³/mol. The van der Waals surface area contributed by atoms with Crippen molar-refractivity contribution in [3.63, 3.8) is 0 Å². The Morgan fingerprint density at radius 2 is 1.94 bits per heavy atom. The zero-order chi connectivity index (χ0) is 12.8. The second kappa shape index (κ2) is 6.66. The molecule has 0 bridgehead atoms. The van der Waals surface area contributed by atoms with Crippen molar-refractivity contribution in [1.29, 1.82) is 0 Å². The molecule has 0 spiro atoms. The minimum atomic E-state index is -1.32. The Bertz CT molecular complexity index is 416. The molecule has 1 amide bonds. The number of amides is 1. The van der Waals surface area contributed by atoms with Gasteiger partial charge in [-0.1, -0.05) is 30.3 Å². The van der Waals surface area contributed by atoms with Gasteiger partial charge in [-0.05, 0) is 31.5 Å². The van der Waals surface area contributed by atoms with Crippen LogP contribution in [0.4, 0.5) is 0 Å². The molecule has 4 nitrogen and oxygen atoms in total.